The van der Waals surface area contributed by atoms with Crippen LogP contribution < -0.4 is 11.2 Å². The second-order valence-electron chi connectivity index (χ2n) is 3.95. The van der Waals surface area contributed by atoms with E-state index in [1.54, 1.807) is 0 Å². The van der Waals surface area contributed by atoms with E-state index in [0.717, 1.165) is 0 Å². The lowest BCUT2D eigenvalue weighted by Crippen LogP contribution is -2.36. The Morgan fingerprint density at radius 1 is 1.57 bits per heavy atom. The Morgan fingerprint density at radius 3 is 2.79 bits per heavy atom. The van der Waals surface area contributed by atoms with Crippen LogP contribution in [0.5, 0.6) is 0 Å². The first-order valence-corrected chi connectivity index (χ1v) is 5.18. The molecule has 2 atom stereocenters. The number of hydrogen-bond acceptors (Lipinski definition) is 5. The topological polar surface area (TPSA) is 79.9 Å². The molecule has 5 nitrogen and oxygen atoms in total. The highest BCUT2D eigenvalue weighted by molar-refractivity contribution is 5.85. The molecule has 0 bridgehead atoms. The minimum absolute atomic E-state index is 0.217. The number of aliphatic hydroxyl groups is 1. The van der Waals surface area contributed by atoms with E-state index in [4.69, 9.17) is 15.7 Å². The molecule has 5 heteroatoms. The third-order valence-electron chi connectivity index (χ3n) is 3.09. The van der Waals surface area contributed by atoms with Gasteiger partial charge in [-0.15, -0.1) is 0 Å². The van der Waals surface area contributed by atoms with Crippen LogP contribution in [0.3, 0.4) is 0 Å². The van der Waals surface area contributed by atoms with Crippen LogP contribution in [0.4, 0.5) is 0 Å². The van der Waals surface area contributed by atoms with Gasteiger partial charge in [-0.3, -0.25) is 0 Å². The van der Waals surface area contributed by atoms with Crippen LogP contribution in [0.1, 0.15) is 25.7 Å². The number of nitrogens with two attached hydrogens (primary N) is 1. The normalized spacial score (nSPS) is 30.1. The fourth-order valence-corrected chi connectivity index (χ4v) is 2.34. The predicted molar refractivity (Wildman–Crippen MR) is 52.2 cm³/mol. The summed E-state index contributed by atoms with van der Waals surface area (Å²) in [6, 6.07) is 0. The van der Waals surface area contributed by atoms with Gasteiger partial charge in [-0.2, -0.15) is 0 Å². The Hall–Kier alpha value is -0.650. The summed E-state index contributed by atoms with van der Waals surface area (Å²) in [5.74, 6) is 1.53. The molecule has 2 aliphatic rings. The van der Waals surface area contributed by atoms with E-state index in [0.29, 0.717) is 18.3 Å². The third kappa shape index (κ3) is 1.89. The van der Waals surface area contributed by atoms with E-state index in [1.807, 2.05) is 0 Å². The highest BCUT2D eigenvalue weighted by Gasteiger charge is 2.31. The van der Waals surface area contributed by atoms with E-state index < -0.39 is 6.41 Å². The summed E-state index contributed by atoms with van der Waals surface area (Å²) >= 11 is 0. The zero-order valence-electron chi connectivity index (χ0n) is 8.15. The molecule has 1 heterocycles. The van der Waals surface area contributed by atoms with Crippen molar-refractivity contribution in [3.63, 3.8) is 0 Å². The molecule has 0 aromatic heterocycles. The average molecular weight is 199 g/mol. The van der Waals surface area contributed by atoms with Gasteiger partial charge in [0.1, 0.15) is 5.84 Å². The lowest BCUT2D eigenvalue weighted by molar-refractivity contribution is -0.103. The molecule has 1 fully saturated rings. The molecule has 1 aliphatic carbocycles. The molecule has 2 unspecified atom stereocenters. The van der Waals surface area contributed by atoms with Crippen molar-refractivity contribution in [2.45, 2.75) is 32.1 Å². The van der Waals surface area contributed by atoms with Gasteiger partial charge in [0, 0.05) is 12.5 Å². The molecular formula is C9H17N3O2. The summed E-state index contributed by atoms with van der Waals surface area (Å²) in [7, 11) is 0. The molecule has 0 radical (unpaired) electrons. The second kappa shape index (κ2) is 4.25. The minimum Gasteiger partial charge on any atom is -0.348 e. The average Bonchev–Trinajstić information content (AvgIpc) is 2.79. The standard InChI is InChI=1S/C9H17N3O2/c10-5-7(6-3-1-2-4-6)8-11-9(13)14-12-8/h6-7,9,13H,1-5,10H2,(H,11,12). The first kappa shape index (κ1) is 9.89. The fraction of sp³-hybridized carbons (Fsp3) is 0.889. The summed E-state index contributed by atoms with van der Waals surface area (Å²) in [5.41, 5.74) is 8.37. The van der Waals surface area contributed by atoms with E-state index in [1.165, 1.54) is 25.7 Å². The van der Waals surface area contributed by atoms with Gasteiger partial charge in [-0.05, 0) is 18.8 Å². The van der Waals surface area contributed by atoms with Crippen LogP contribution in [0.2, 0.25) is 0 Å². The zero-order valence-corrected chi connectivity index (χ0v) is 8.15. The number of aliphatic hydroxyl groups excluding tert-OH is 1. The van der Waals surface area contributed by atoms with Crippen molar-refractivity contribution in [3.8, 4) is 0 Å². The van der Waals surface area contributed by atoms with Crippen molar-refractivity contribution < 1.29 is 9.94 Å². The zero-order chi connectivity index (χ0) is 9.97. The van der Waals surface area contributed by atoms with Gasteiger partial charge in [0.05, 0.1) is 0 Å². The summed E-state index contributed by atoms with van der Waals surface area (Å²) in [6.45, 7) is 0.562. The maximum atomic E-state index is 9.07. The van der Waals surface area contributed by atoms with Crippen molar-refractivity contribution >= 4 is 5.84 Å². The first-order valence-electron chi connectivity index (χ1n) is 5.18. The van der Waals surface area contributed by atoms with Gasteiger partial charge in [0.25, 0.3) is 6.41 Å². The Labute approximate surface area is 83.3 Å². The summed E-state index contributed by atoms with van der Waals surface area (Å²) in [4.78, 5) is 8.72. The molecular weight excluding hydrogens is 182 g/mol. The van der Waals surface area contributed by atoms with Crippen LogP contribution in [-0.2, 0) is 4.84 Å². The number of nitrogens with one attached hydrogen (secondary N) is 1. The van der Waals surface area contributed by atoms with Crippen LogP contribution in [0.25, 0.3) is 0 Å². The number of hydrogen-bond donors (Lipinski definition) is 3. The molecule has 2 rings (SSSR count). The predicted octanol–water partition coefficient (Wildman–Crippen LogP) is -0.0393. The Bertz CT molecular complexity index is 226. The van der Waals surface area contributed by atoms with Gasteiger partial charge in [0.15, 0.2) is 0 Å². The molecule has 0 aromatic rings. The van der Waals surface area contributed by atoms with Crippen molar-refractivity contribution in [2.24, 2.45) is 22.6 Å². The summed E-state index contributed by atoms with van der Waals surface area (Å²) in [6.07, 6.45) is 3.91. The highest BCUT2D eigenvalue weighted by Crippen LogP contribution is 2.32. The quantitative estimate of drug-likeness (QED) is 0.596. The number of aliphatic imine (C=N–C) groups is 1. The maximum absolute atomic E-state index is 9.07. The molecule has 14 heavy (non-hydrogen) atoms. The largest absolute Gasteiger partial charge is 0.348 e. The van der Waals surface area contributed by atoms with Crippen molar-refractivity contribution in [2.75, 3.05) is 6.54 Å². The van der Waals surface area contributed by atoms with E-state index in [9.17, 15) is 0 Å². The molecule has 4 N–H and O–H groups in total. The summed E-state index contributed by atoms with van der Waals surface area (Å²) in [5, 5.41) is 9.07. The van der Waals surface area contributed by atoms with Crippen molar-refractivity contribution in [1.29, 1.82) is 0 Å². The van der Waals surface area contributed by atoms with Crippen LogP contribution in [0.15, 0.2) is 4.99 Å². The van der Waals surface area contributed by atoms with Crippen molar-refractivity contribution in [1.82, 2.24) is 5.48 Å². The minimum atomic E-state index is -1.06. The maximum Gasteiger partial charge on any atom is 0.280 e. The monoisotopic (exact) mass is 199 g/mol. The van der Waals surface area contributed by atoms with E-state index in [2.05, 4.69) is 10.5 Å². The molecule has 0 spiro atoms. The second-order valence-corrected chi connectivity index (χ2v) is 3.95. The van der Waals surface area contributed by atoms with Gasteiger partial charge >= 0.3 is 0 Å². The van der Waals surface area contributed by atoms with Crippen LogP contribution in [0, 0.1) is 11.8 Å². The highest BCUT2D eigenvalue weighted by atomic mass is 16.7. The molecule has 0 amide bonds. The molecule has 80 valence electrons. The Kier molecular flexibility index (Phi) is 3.00. The molecule has 1 saturated carbocycles. The first-order chi connectivity index (χ1) is 6.81. The van der Waals surface area contributed by atoms with Gasteiger partial charge < -0.3 is 10.8 Å². The lowest BCUT2D eigenvalue weighted by Gasteiger charge is -2.20. The smallest absolute Gasteiger partial charge is 0.280 e. The third-order valence-corrected chi connectivity index (χ3v) is 3.09. The SMILES string of the molecule is NCC(C1=NC(O)ON1)C1CCCC1. The van der Waals surface area contributed by atoms with Gasteiger partial charge in [-0.25, -0.2) is 15.3 Å². The number of rotatable bonds is 3. The molecule has 0 aromatic carbocycles. The van der Waals surface area contributed by atoms with Crippen LogP contribution >= 0.6 is 0 Å². The van der Waals surface area contributed by atoms with Crippen molar-refractivity contribution in [3.05, 3.63) is 0 Å². The Balaban J connectivity index is 2.01. The number of nitrogens with zero attached hydrogens (tertiary/aromatic N) is 1. The van der Waals surface area contributed by atoms with E-state index in [-0.39, 0.29) is 5.92 Å². The lowest BCUT2D eigenvalue weighted by atomic mass is 9.90. The van der Waals surface area contributed by atoms with E-state index >= 15 is 0 Å². The van der Waals surface area contributed by atoms with Gasteiger partial charge in [0.2, 0.25) is 0 Å². The molecule has 1 aliphatic heterocycles. The van der Waals surface area contributed by atoms with Crippen LogP contribution in [-0.4, -0.2) is 23.9 Å². The van der Waals surface area contributed by atoms with Gasteiger partial charge in [-0.1, -0.05) is 12.8 Å². The number of amidine groups is 1. The Morgan fingerprint density at radius 2 is 2.29 bits per heavy atom. The fourth-order valence-electron chi connectivity index (χ4n) is 2.34. The number of hydroxylamine groups is 1. The molecule has 0 saturated heterocycles. The summed E-state index contributed by atoms with van der Waals surface area (Å²) < 4.78 is 0.